The SMILES string of the molecule is Cc1ccc(-n2ncc(C(=O)Nc3cccc(NC(=O)c4cccs4)c3)c2C(F)(F)F)cc1. The predicted octanol–water partition coefficient (Wildman–Crippen LogP) is 5.77. The Hall–Kier alpha value is -3.92. The molecule has 2 N–H and O–H groups in total. The number of aromatic nitrogens is 2. The minimum Gasteiger partial charge on any atom is -0.322 e. The molecule has 0 bridgehead atoms. The number of aryl methyl sites for hydroxylation is 1. The fourth-order valence-electron chi connectivity index (χ4n) is 3.14. The Morgan fingerprint density at radius 2 is 1.61 bits per heavy atom. The van der Waals surface area contributed by atoms with E-state index in [4.69, 9.17) is 0 Å². The van der Waals surface area contributed by atoms with Crippen molar-refractivity contribution in [3.63, 3.8) is 0 Å². The molecule has 0 aliphatic carbocycles. The van der Waals surface area contributed by atoms with Gasteiger partial charge in [0.1, 0.15) is 0 Å². The number of amides is 2. The van der Waals surface area contributed by atoms with E-state index in [0.717, 1.165) is 11.8 Å². The van der Waals surface area contributed by atoms with E-state index in [1.807, 2.05) is 6.92 Å². The maximum atomic E-state index is 13.9. The van der Waals surface area contributed by atoms with E-state index in [1.54, 1.807) is 41.8 Å². The summed E-state index contributed by atoms with van der Waals surface area (Å²) in [6, 6.07) is 15.9. The smallest absolute Gasteiger partial charge is 0.322 e. The number of carbonyl (C=O) groups excluding carboxylic acids is 2. The van der Waals surface area contributed by atoms with Gasteiger partial charge in [-0.2, -0.15) is 18.3 Å². The van der Waals surface area contributed by atoms with Crippen molar-refractivity contribution in [1.29, 1.82) is 0 Å². The Balaban J connectivity index is 1.59. The number of alkyl halides is 3. The Bertz CT molecular complexity index is 1300. The molecule has 2 aromatic carbocycles. The number of anilines is 2. The zero-order chi connectivity index (χ0) is 23.6. The molecule has 0 radical (unpaired) electrons. The topological polar surface area (TPSA) is 76.0 Å². The first kappa shape index (κ1) is 22.3. The number of halogens is 3. The van der Waals surface area contributed by atoms with Crippen LogP contribution in [0.2, 0.25) is 0 Å². The van der Waals surface area contributed by atoms with Gasteiger partial charge < -0.3 is 10.6 Å². The van der Waals surface area contributed by atoms with Gasteiger partial charge in [0.25, 0.3) is 11.8 Å². The molecule has 0 atom stereocenters. The molecule has 4 rings (SSSR count). The van der Waals surface area contributed by atoms with Crippen molar-refractivity contribution in [2.45, 2.75) is 13.1 Å². The minimum absolute atomic E-state index is 0.185. The summed E-state index contributed by atoms with van der Waals surface area (Å²) in [6.45, 7) is 1.81. The van der Waals surface area contributed by atoms with Crippen LogP contribution in [0.3, 0.4) is 0 Å². The Morgan fingerprint density at radius 3 is 2.21 bits per heavy atom. The standard InChI is InChI=1S/C23H17F3N4O2S/c1-14-7-9-17(10-8-14)30-20(23(24,25)26)18(13-27-30)21(31)28-15-4-2-5-16(12-15)29-22(32)19-6-3-11-33-19/h2-13H,1H3,(H,28,31)(H,29,32). The number of carbonyl (C=O) groups is 2. The lowest BCUT2D eigenvalue weighted by Crippen LogP contribution is -2.20. The summed E-state index contributed by atoms with van der Waals surface area (Å²) in [7, 11) is 0. The average Bonchev–Trinajstić information content (AvgIpc) is 3.45. The zero-order valence-corrected chi connectivity index (χ0v) is 18.0. The molecule has 2 aromatic heterocycles. The van der Waals surface area contributed by atoms with Gasteiger partial charge in [-0.15, -0.1) is 11.3 Å². The quantitative estimate of drug-likeness (QED) is 0.389. The molecular weight excluding hydrogens is 453 g/mol. The van der Waals surface area contributed by atoms with Gasteiger partial charge >= 0.3 is 6.18 Å². The molecule has 10 heteroatoms. The van der Waals surface area contributed by atoms with Crippen LogP contribution >= 0.6 is 11.3 Å². The molecule has 0 saturated carbocycles. The summed E-state index contributed by atoms with van der Waals surface area (Å²) >= 11 is 1.27. The molecule has 168 valence electrons. The minimum atomic E-state index is -4.81. The lowest BCUT2D eigenvalue weighted by atomic mass is 10.2. The molecule has 0 fully saturated rings. The van der Waals surface area contributed by atoms with E-state index in [2.05, 4.69) is 15.7 Å². The van der Waals surface area contributed by atoms with Crippen LogP contribution in [-0.2, 0) is 6.18 Å². The molecule has 0 aliphatic rings. The van der Waals surface area contributed by atoms with E-state index < -0.39 is 23.3 Å². The third-order valence-corrected chi connectivity index (χ3v) is 5.55. The third-order valence-electron chi connectivity index (χ3n) is 4.68. The number of hydrogen-bond acceptors (Lipinski definition) is 4. The van der Waals surface area contributed by atoms with Gasteiger partial charge in [-0.05, 0) is 48.7 Å². The molecular formula is C23H17F3N4O2S. The Labute approximate surface area is 190 Å². The largest absolute Gasteiger partial charge is 0.434 e. The van der Waals surface area contributed by atoms with Crippen LogP contribution in [-0.4, -0.2) is 21.6 Å². The van der Waals surface area contributed by atoms with Crippen LogP contribution in [0.25, 0.3) is 5.69 Å². The number of thiophene rings is 1. The summed E-state index contributed by atoms with van der Waals surface area (Å²) in [4.78, 5) is 25.5. The summed E-state index contributed by atoms with van der Waals surface area (Å²) in [6.07, 6.45) is -3.93. The maximum absolute atomic E-state index is 13.9. The fourth-order valence-corrected chi connectivity index (χ4v) is 3.76. The second-order valence-corrected chi connectivity index (χ2v) is 8.07. The first-order valence-corrected chi connectivity index (χ1v) is 10.6. The maximum Gasteiger partial charge on any atom is 0.434 e. The third kappa shape index (κ3) is 4.96. The molecule has 4 aromatic rings. The average molecular weight is 470 g/mol. The number of hydrogen-bond donors (Lipinski definition) is 2. The number of rotatable bonds is 5. The molecule has 0 saturated heterocycles. The summed E-state index contributed by atoms with van der Waals surface area (Å²) in [5.41, 5.74) is -0.117. The van der Waals surface area contributed by atoms with Gasteiger partial charge in [0.15, 0.2) is 5.69 Å². The molecule has 0 unspecified atom stereocenters. The van der Waals surface area contributed by atoms with Gasteiger partial charge in [-0.3, -0.25) is 9.59 Å². The van der Waals surface area contributed by atoms with Crippen molar-refractivity contribution in [2.24, 2.45) is 0 Å². The Morgan fingerprint density at radius 1 is 0.939 bits per heavy atom. The van der Waals surface area contributed by atoms with Crippen LogP contribution in [0.1, 0.15) is 31.3 Å². The lowest BCUT2D eigenvalue weighted by Gasteiger charge is -2.13. The highest BCUT2D eigenvalue weighted by molar-refractivity contribution is 7.12. The normalized spacial score (nSPS) is 11.3. The fraction of sp³-hybridized carbons (Fsp3) is 0.0870. The van der Waals surface area contributed by atoms with E-state index >= 15 is 0 Å². The first-order chi connectivity index (χ1) is 15.7. The number of nitrogens with zero attached hydrogens (tertiary/aromatic N) is 2. The van der Waals surface area contributed by atoms with Gasteiger partial charge in [-0.25, -0.2) is 4.68 Å². The predicted molar refractivity (Wildman–Crippen MR) is 120 cm³/mol. The molecule has 0 aliphatic heterocycles. The van der Waals surface area contributed by atoms with Crippen molar-refractivity contribution < 1.29 is 22.8 Å². The van der Waals surface area contributed by atoms with E-state index in [9.17, 15) is 22.8 Å². The second kappa shape index (κ2) is 8.91. The van der Waals surface area contributed by atoms with E-state index in [-0.39, 0.29) is 17.3 Å². The number of benzene rings is 2. The summed E-state index contributed by atoms with van der Waals surface area (Å²) in [5, 5.41) is 10.7. The van der Waals surface area contributed by atoms with Crippen molar-refractivity contribution in [3.8, 4) is 5.69 Å². The lowest BCUT2D eigenvalue weighted by molar-refractivity contribution is -0.143. The van der Waals surface area contributed by atoms with Gasteiger partial charge in [0, 0.05) is 11.4 Å². The van der Waals surface area contributed by atoms with Gasteiger partial charge in [-0.1, -0.05) is 29.8 Å². The van der Waals surface area contributed by atoms with Crippen molar-refractivity contribution in [2.75, 3.05) is 10.6 Å². The molecule has 0 spiro atoms. The van der Waals surface area contributed by atoms with Crippen LogP contribution < -0.4 is 10.6 Å². The molecule has 33 heavy (non-hydrogen) atoms. The van der Waals surface area contributed by atoms with E-state index in [1.165, 1.54) is 35.6 Å². The highest BCUT2D eigenvalue weighted by Gasteiger charge is 2.40. The molecule has 2 amide bonds. The van der Waals surface area contributed by atoms with Crippen LogP contribution in [0.4, 0.5) is 24.5 Å². The van der Waals surface area contributed by atoms with Crippen molar-refractivity contribution >= 4 is 34.5 Å². The highest BCUT2D eigenvalue weighted by Crippen LogP contribution is 2.34. The van der Waals surface area contributed by atoms with Gasteiger partial charge in [0.2, 0.25) is 0 Å². The monoisotopic (exact) mass is 470 g/mol. The number of nitrogens with one attached hydrogen (secondary N) is 2. The van der Waals surface area contributed by atoms with Gasteiger partial charge in [0.05, 0.1) is 22.3 Å². The highest BCUT2D eigenvalue weighted by atomic mass is 32.1. The summed E-state index contributed by atoms with van der Waals surface area (Å²) < 4.78 is 42.3. The van der Waals surface area contributed by atoms with Crippen LogP contribution in [0.5, 0.6) is 0 Å². The van der Waals surface area contributed by atoms with Crippen LogP contribution in [0, 0.1) is 6.92 Å². The van der Waals surface area contributed by atoms with E-state index in [0.29, 0.717) is 15.2 Å². The van der Waals surface area contributed by atoms with Crippen LogP contribution in [0.15, 0.2) is 72.2 Å². The Kier molecular flexibility index (Phi) is 6.01. The molecule has 2 heterocycles. The summed E-state index contributed by atoms with van der Waals surface area (Å²) in [5.74, 6) is -1.30. The molecule has 6 nitrogen and oxygen atoms in total. The zero-order valence-electron chi connectivity index (χ0n) is 17.2. The first-order valence-electron chi connectivity index (χ1n) is 9.71. The van der Waals surface area contributed by atoms with Crippen molar-refractivity contribution in [3.05, 3.63) is 93.9 Å². The second-order valence-electron chi connectivity index (χ2n) is 7.12. The van der Waals surface area contributed by atoms with Crippen molar-refractivity contribution in [1.82, 2.24) is 9.78 Å².